The molecule has 6 nitrogen and oxygen atoms in total. The zero-order valence-corrected chi connectivity index (χ0v) is 18.0. The van der Waals surface area contributed by atoms with Crippen LogP contribution in [-0.4, -0.2) is 50.1 Å². The molecule has 5 rings (SSSR count). The van der Waals surface area contributed by atoms with E-state index in [9.17, 15) is 4.39 Å². The molecule has 1 N–H and O–H groups in total. The Morgan fingerprint density at radius 3 is 2.59 bits per heavy atom. The van der Waals surface area contributed by atoms with Crippen LogP contribution in [0.3, 0.4) is 0 Å². The molecule has 1 aliphatic rings. The Morgan fingerprint density at radius 2 is 1.81 bits per heavy atom. The number of rotatable bonds is 7. The lowest BCUT2D eigenvalue weighted by atomic mass is 10.0. The lowest BCUT2D eigenvalue weighted by Crippen LogP contribution is -2.40. The van der Waals surface area contributed by atoms with Crippen LogP contribution in [0.5, 0.6) is 0 Å². The summed E-state index contributed by atoms with van der Waals surface area (Å²) in [4.78, 5) is 15.9. The summed E-state index contributed by atoms with van der Waals surface area (Å²) < 4.78 is 15.5. The minimum absolute atomic E-state index is 0.214. The van der Waals surface area contributed by atoms with Crippen molar-refractivity contribution in [2.75, 3.05) is 25.0 Å². The summed E-state index contributed by atoms with van der Waals surface area (Å²) in [6.07, 6.45) is 8.38. The van der Waals surface area contributed by atoms with Gasteiger partial charge in [0.25, 0.3) is 0 Å². The first kappa shape index (κ1) is 20.6. The molecular formula is C25H27FN6. The number of imidazole rings is 1. The van der Waals surface area contributed by atoms with Crippen molar-refractivity contribution in [1.29, 1.82) is 0 Å². The number of benzene rings is 2. The molecule has 0 atom stereocenters. The predicted molar refractivity (Wildman–Crippen MR) is 124 cm³/mol. The van der Waals surface area contributed by atoms with E-state index >= 15 is 0 Å². The molecule has 0 amide bonds. The lowest BCUT2D eigenvalue weighted by Gasteiger charge is -2.32. The Kier molecular flexibility index (Phi) is 6.07. The molecule has 0 aliphatic carbocycles. The fraction of sp³-hybridized carbons (Fsp3) is 0.320. The van der Waals surface area contributed by atoms with Crippen molar-refractivity contribution >= 4 is 17.0 Å². The highest BCUT2D eigenvalue weighted by atomic mass is 19.1. The number of likely N-dealkylation sites (tertiary alicyclic amines) is 1. The number of fused-ring (bicyclic) bond motifs is 1. The molecule has 2 aromatic carbocycles. The van der Waals surface area contributed by atoms with Crippen molar-refractivity contribution < 1.29 is 4.39 Å². The number of hydrogen-bond acceptors (Lipinski definition) is 5. The number of nitrogens with one attached hydrogen (secondary N) is 1. The molecule has 0 radical (unpaired) electrons. The molecule has 0 saturated carbocycles. The highest BCUT2D eigenvalue weighted by Gasteiger charge is 2.21. The van der Waals surface area contributed by atoms with Crippen LogP contribution in [0.1, 0.15) is 24.1 Å². The van der Waals surface area contributed by atoms with Crippen LogP contribution in [-0.2, 0) is 13.0 Å². The standard InChI is InChI=1S/C25H27FN6/c26-20-7-5-19(6-8-20)18-32-24-4-2-1-3-23(24)30-25(32)29-21-9-14-31(15-10-21)16-11-22-17-27-12-13-28-22/h1-8,12-13,17,21H,9-11,14-16,18H2,(H,29,30). The first-order valence-electron chi connectivity index (χ1n) is 11.2. The third-order valence-electron chi connectivity index (χ3n) is 6.13. The maximum Gasteiger partial charge on any atom is 0.204 e. The fourth-order valence-electron chi connectivity index (χ4n) is 4.33. The Morgan fingerprint density at radius 1 is 1.00 bits per heavy atom. The van der Waals surface area contributed by atoms with Crippen LogP contribution in [0.2, 0.25) is 0 Å². The SMILES string of the molecule is Fc1ccc(Cn2c(NC3CCN(CCc4cnccn4)CC3)nc3ccccc32)cc1. The van der Waals surface area contributed by atoms with Gasteiger partial charge in [0.1, 0.15) is 5.82 Å². The minimum Gasteiger partial charge on any atom is -0.353 e. The maximum absolute atomic E-state index is 13.3. The molecule has 0 unspecified atom stereocenters. The van der Waals surface area contributed by atoms with E-state index in [1.165, 1.54) is 12.1 Å². The van der Waals surface area contributed by atoms with E-state index in [-0.39, 0.29) is 5.82 Å². The second-order valence-electron chi connectivity index (χ2n) is 8.34. The number of para-hydroxylation sites is 2. The monoisotopic (exact) mass is 430 g/mol. The van der Waals surface area contributed by atoms with Gasteiger partial charge in [-0.05, 0) is 42.7 Å². The smallest absolute Gasteiger partial charge is 0.204 e. The first-order chi connectivity index (χ1) is 15.7. The number of hydrogen-bond donors (Lipinski definition) is 1. The van der Waals surface area contributed by atoms with Gasteiger partial charge in [-0.3, -0.25) is 9.97 Å². The van der Waals surface area contributed by atoms with Gasteiger partial charge >= 0.3 is 0 Å². The highest BCUT2D eigenvalue weighted by Crippen LogP contribution is 2.24. The van der Waals surface area contributed by atoms with Crippen LogP contribution in [0.15, 0.2) is 67.1 Å². The van der Waals surface area contributed by atoms with Crippen molar-refractivity contribution in [3.63, 3.8) is 0 Å². The normalized spacial score (nSPS) is 15.3. The first-order valence-corrected chi connectivity index (χ1v) is 11.2. The van der Waals surface area contributed by atoms with Crippen molar-refractivity contribution in [3.8, 4) is 0 Å². The van der Waals surface area contributed by atoms with Crippen LogP contribution in [0.4, 0.5) is 10.3 Å². The molecule has 0 bridgehead atoms. The van der Waals surface area contributed by atoms with Crippen molar-refractivity contribution in [1.82, 2.24) is 24.4 Å². The van der Waals surface area contributed by atoms with E-state index in [1.54, 1.807) is 12.4 Å². The summed E-state index contributed by atoms with van der Waals surface area (Å²) in [6.45, 7) is 3.76. The molecule has 164 valence electrons. The van der Waals surface area contributed by atoms with E-state index < -0.39 is 0 Å². The molecule has 32 heavy (non-hydrogen) atoms. The third kappa shape index (κ3) is 4.78. The van der Waals surface area contributed by atoms with E-state index in [0.29, 0.717) is 12.6 Å². The van der Waals surface area contributed by atoms with E-state index in [2.05, 4.69) is 30.8 Å². The van der Waals surface area contributed by atoms with Gasteiger partial charge in [-0.2, -0.15) is 0 Å². The van der Waals surface area contributed by atoms with Crippen LogP contribution in [0.25, 0.3) is 11.0 Å². The molecule has 1 aliphatic heterocycles. The molecular weight excluding hydrogens is 403 g/mol. The molecule has 3 heterocycles. The van der Waals surface area contributed by atoms with Crippen LogP contribution >= 0.6 is 0 Å². The van der Waals surface area contributed by atoms with Gasteiger partial charge in [0.15, 0.2) is 0 Å². The van der Waals surface area contributed by atoms with Gasteiger partial charge in [-0.25, -0.2) is 9.37 Å². The highest BCUT2D eigenvalue weighted by molar-refractivity contribution is 5.78. The molecule has 2 aromatic heterocycles. The summed E-state index contributed by atoms with van der Waals surface area (Å²) in [7, 11) is 0. The fourth-order valence-corrected chi connectivity index (χ4v) is 4.33. The zero-order chi connectivity index (χ0) is 21.8. The lowest BCUT2D eigenvalue weighted by molar-refractivity contribution is 0.220. The molecule has 1 saturated heterocycles. The van der Waals surface area contributed by atoms with Crippen molar-refractivity contribution in [2.24, 2.45) is 0 Å². The van der Waals surface area contributed by atoms with E-state index in [1.807, 2.05) is 36.5 Å². The Hall–Kier alpha value is -3.32. The summed E-state index contributed by atoms with van der Waals surface area (Å²) in [5.74, 6) is 0.669. The van der Waals surface area contributed by atoms with Gasteiger partial charge in [-0.15, -0.1) is 0 Å². The molecule has 0 spiro atoms. The van der Waals surface area contributed by atoms with E-state index in [0.717, 1.165) is 67.1 Å². The average Bonchev–Trinajstić information content (AvgIpc) is 3.17. The van der Waals surface area contributed by atoms with Gasteiger partial charge < -0.3 is 14.8 Å². The number of piperidine rings is 1. The van der Waals surface area contributed by atoms with Gasteiger partial charge in [-0.1, -0.05) is 24.3 Å². The second-order valence-corrected chi connectivity index (χ2v) is 8.34. The van der Waals surface area contributed by atoms with Crippen LogP contribution < -0.4 is 5.32 Å². The zero-order valence-electron chi connectivity index (χ0n) is 18.0. The van der Waals surface area contributed by atoms with Gasteiger partial charge in [0.05, 0.1) is 23.3 Å². The molecule has 7 heteroatoms. The predicted octanol–water partition coefficient (Wildman–Crippen LogP) is 4.13. The number of nitrogens with zero attached hydrogens (tertiary/aromatic N) is 5. The molecule has 1 fully saturated rings. The molecule has 4 aromatic rings. The number of anilines is 1. The number of halogens is 1. The summed E-state index contributed by atoms with van der Waals surface area (Å²) in [5.41, 5.74) is 4.15. The average molecular weight is 431 g/mol. The summed E-state index contributed by atoms with van der Waals surface area (Å²) in [6, 6.07) is 15.3. The van der Waals surface area contributed by atoms with Crippen molar-refractivity contribution in [2.45, 2.75) is 31.8 Å². The topological polar surface area (TPSA) is 58.9 Å². The second kappa shape index (κ2) is 9.44. The quantitative estimate of drug-likeness (QED) is 0.478. The van der Waals surface area contributed by atoms with Crippen molar-refractivity contribution in [3.05, 3.63) is 84.2 Å². The summed E-state index contributed by atoms with van der Waals surface area (Å²) in [5, 5.41) is 3.69. The third-order valence-corrected chi connectivity index (χ3v) is 6.13. The Balaban J connectivity index is 1.25. The summed E-state index contributed by atoms with van der Waals surface area (Å²) >= 11 is 0. The van der Waals surface area contributed by atoms with Crippen LogP contribution in [0, 0.1) is 5.82 Å². The Bertz CT molecular complexity index is 1150. The minimum atomic E-state index is -0.214. The van der Waals surface area contributed by atoms with E-state index in [4.69, 9.17) is 4.98 Å². The van der Waals surface area contributed by atoms with Gasteiger partial charge in [0, 0.05) is 50.7 Å². The largest absolute Gasteiger partial charge is 0.353 e. The Labute approximate surface area is 187 Å². The van der Waals surface area contributed by atoms with Gasteiger partial charge in [0.2, 0.25) is 5.95 Å². The number of aromatic nitrogens is 4. The maximum atomic E-state index is 13.3.